The number of hydrogen-bond acceptors (Lipinski definition) is 2. The third-order valence-corrected chi connectivity index (χ3v) is 12.5. The Hall–Kier alpha value is -5.08. The van der Waals surface area contributed by atoms with Gasteiger partial charge in [-0.2, -0.15) is 0 Å². The first-order valence-electron chi connectivity index (χ1n) is 20.2. The van der Waals surface area contributed by atoms with E-state index in [4.69, 9.17) is 0 Å². The van der Waals surface area contributed by atoms with Crippen LogP contribution in [0.25, 0.3) is 0 Å². The highest BCUT2D eigenvalue weighted by Gasteiger charge is 2.39. The largest absolute Gasteiger partial charge is 0.311 e. The van der Waals surface area contributed by atoms with Crippen LogP contribution in [0.5, 0.6) is 0 Å². The van der Waals surface area contributed by atoms with Crippen LogP contribution in [0, 0.1) is 11.8 Å². The molecule has 8 rings (SSSR count). The Balaban J connectivity index is 1.14. The summed E-state index contributed by atoms with van der Waals surface area (Å²) in [5.41, 5.74) is 11.5. The molecule has 6 aromatic carbocycles. The standard InChI is InChI=1S/C51H54N2/c1-39(2)40-35-37-51(38-36-40,43-25-31-49(32-26-43)52(45-17-9-4-10-18-45)46-19-11-5-12-20-46)44-27-33-50(34-28-44)53(47-21-13-6-14-22-47)48-29-23-42(24-30-48)41-15-7-3-8-16-41/h4-6,9-14,17-34,39-41H,3,7-8,15-16,35-38H2,1-2H3. The summed E-state index contributed by atoms with van der Waals surface area (Å²) in [5, 5.41) is 0. The summed E-state index contributed by atoms with van der Waals surface area (Å²) in [6.45, 7) is 4.81. The fourth-order valence-corrected chi connectivity index (χ4v) is 9.36. The molecule has 2 fully saturated rings. The Morgan fingerprint density at radius 2 is 0.774 bits per heavy atom. The van der Waals surface area contributed by atoms with Gasteiger partial charge in [-0.25, -0.2) is 0 Å². The molecule has 0 aliphatic heterocycles. The van der Waals surface area contributed by atoms with Gasteiger partial charge in [-0.05, 0) is 146 Å². The van der Waals surface area contributed by atoms with Crippen LogP contribution >= 0.6 is 0 Å². The summed E-state index contributed by atoms with van der Waals surface area (Å²) in [6.07, 6.45) is 11.6. The van der Waals surface area contributed by atoms with Crippen molar-refractivity contribution in [2.45, 2.75) is 83.0 Å². The predicted molar refractivity (Wildman–Crippen MR) is 226 cm³/mol. The average molecular weight is 695 g/mol. The fourth-order valence-electron chi connectivity index (χ4n) is 9.36. The lowest BCUT2D eigenvalue weighted by molar-refractivity contribution is 0.217. The summed E-state index contributed by atoms with van der Waals surface area (Å²) in [5.74, 6) is 2.20. The Morgan fingerprint density at radius 3 is 1.15 bits per heavy atom. The third kappa shape index (κ3) is 7.42. The van der Waals surface area contributed by atoms with Crippen LogP contribution in [0.3, 0.4) is 0 Å². The third-order valence-electron chi connectivity index (χ3n) is 12.5. The van der Waals surface area contributed by atoms with E-state index >= 15 is 0 Å². The maximum atomic E-state index is 2.44. The summed E-state index contributed by atoms with van der Waals surface area (Å²) in [4.78, 5) is 4.79. The number of nitrogens with zero attached hydrogens (tertiary/aromatic N) is 2. The van der Waals surface area contributed by atoms with E-state index in [0.29, 0.717) is 11.8 Å². The zero-order chi connectivity index (χ0) is 36.0. The van der Waals surface area contributed by atoms with Gasteiger partial charge in [0.05, 0.1) is 0 Å². The maximum absolute atomic E-state index is 2.44. The Morgan fingerprint density at radius 1 is 0.415 bits per heavy atom. The van der Waals surface area contributed by atoms with Gasteiger partial charge in [0.15, 0.2) is 0 Å². The van der Waals surface area contributed by atoms with E-state index in [9.17, 15) is 0 Å². The molecule has 2 saturated carbocycles. The van der Waals surface area contributed by atoms with E-state index in [0.717, 1.165) is 5.92 Å². The van der Waals surface area contributed by atoms with E-state index in [1.165, 1.54) is 109 Å². The van der Waals surface area contributed by atoms with E-state index in [-0.39, 0.29) is 5.41 Å². The van der Waals surface area contributed by atoms with Gasteiger partial charge in [-0.1, -0.05) is 124 Å². The van der Waals surface area contributed by atoms with Crippen molar-refractivity contribution in [2.75, 3.05) is 9.80 Å². The molecule has 0 radical (unpaired) electrons. The first-order valence-corrected chi connectivity index (χ1v) is 20.2. The molecule has 2 aliphatic carbocycles. The lowest BCUT2D eigenvalue weighted by Crippen LogP contribution is -2.34. The molecule has 0 heterocycles. The minimum atomic E-state index is -0.0218. The summed E-state index contributed by atoms with van der Waals surface area (Å²) in [6, 6.07) is 60.9. The summed E-state index contributed by atoms with van der Waals surface area (Å²) < 4.78 is 0. The van der Waals surface area contributed by atoms with Gasteiger partial charge >= 0.3 is 0 Å². The molecule has 0 spiro atoms. The van der Waals surface area contributed by atoms with Crippen LogP contribution in [-0.4, -0.2) is 0 Å². The van der Waals surface area contributed by atoms with Gasteiger partial charge in [-0.15, -0.1) is 0 Å². The van der Waals surface area contributed by atoms with Gasteiger partial charge in [0.25, 0.3) is 0 Å². The predicted octanol–water partition coefficient (Wildman–Crippen LogP) is 14.8. The second kappa shape index (κ2) is 15.9. The molecule has 0 saturated heterocycles. The van der Waals surface area contributed by atoms with Crippen molar-refractivity contribution in [3.63, 3.8) is 0 Å². The van der Waals surface area contributed by atoms with Gasteiger partial charge < -0.3 is 9.80 Å². The van der Waals surface area contributed by atoms with Crippen LogP contribution in [0.15, 0.2) is 164 Å². The molecule has 0 atom stereocenters. The molecule has 0 amide bonds. The second-order valence-corrected chi connectivity index (χ2v) is 15.9. The van der Waals surface area contributed by atoms with Crippen molar-refractivity contribution in [1.82, 2.24) is 0 Å². The summed E-state index contributed by atoms with van der Waals surface area (Å²) >= 11 is 0. The SMILES string of the molecule is CC(C)C1CCC(c2ccc(N(c3ccccc3)c3ccccc3)cc2)(c2ccc(N(c3ccccc3)c3ccc(C4CCCCC4)cc3)cc2)CC1. The number of anilines is 6. The minimum Gasteiger partial charge on any atom is -0.311 e. The number of para-hydroxylation sites is 3. The highest BCUT2D eigenvalue weighted by Crippen LogP contribution is 2.49. The minimum absolute atomic E-state index is 0.0218. The van der Waals surface area contributed by atoms with Gasteiger partial charge in [0.1, 0.15) is 0 Å². The summed E-state index contributed by atoms with van der Waals surface area (Å²) in [7, 11) is 0. The van der Waals surface area contributed by atoms with Crippen LogP contribution in [0.2, 0.25) is 0 Å². The van der Waals surface area contributed by atoms with Gasteiger partial charge in [-0.3, -0.25) is 0 Å². The highest BCUT2D eigenvalue weighted by molar-refractivity contribution is 5.78. The average Bonchev–Trinajstić information content (AvgIpc) is 3.23. The Bertz CT molecular complexity index is 1960. The zero-order valence-electron chi connectivity index (χ0n) is 31.6. The molecule has 2 heteroatoms. The number of benzene rings is 6. The molecule has 0 aromatic heterocycles. The lowest BCUT2D eigenvalue weighted by atomic mass is 9.61. The van der Waals surface area contributed by atoms with E-state index < -0.39 is 0 Å². The van der Waals surface area contributed by atoms with Crippen molar-refractivity contribution in [1.29, 1.82) is 0 Å². The molecule has 2 aliphatic rings. The topological polar surface area (TPSA) is 6.48 Å². The molecule has 2 nitrogen and oxygen atoms in total. The molecular weight excluding hydrogens is 641 g/mol. The first kappa shape index (κ1) is 35.0. The quantitative estimate of drug-likeness (QED) is 0.141. The van der Waals surface area contributed by atoms with Crippen molar-refractivity contribution in [3.05, 3.63) is 180 Å². The van der Waals surface area contributed by atoms with E-state index in [1.54, 1.807) is 0 Å². The zero-order valence-corrected chi connectivity index (χ0v) is 31.6. The normalized spacial score (nSPS) is 19.2. The molecular formula is C51H54N2. The molecule has 0 unspecified atom stereocenters. The van der Waals surface area contributed by atoms with Crippen molar-refractivity contribution < 1.29 is 0 Å². The van der Waals surface area contributed by atoms with Crippen molar-refractivity contribution in [2.24, 2.45) is 11.8 Å². The Labute approximate surface area is 318 Å². The van der Waals surface area contributed by atoms with Crippen LogP contribution < -0.4 is 9.80 Å². The molecule has 0 N–H and O–H groups in total. The Kier molecular flexibility index (Phi) is 10.5. The molecule has 53 heavy (non-hydrogen) atoms. The van der Waals surface area contributed by atoms with Crippen LogP contribution in [0.4, 0.5) is 34.1 Å². The van der Waals surface area contributed by atoms with E-state index in [1.807, 2.05) is 0 Å². The van der Waals surface area contributed by atoms with Crippen molar-refractivity contribution in [3.8, 4) is 0 Å². The lowest BCUT2D eigenvalue weighted by Gasteiger charge is -2.43. The monoisotopic (exact) mass is 694 g/mol. The number of hydrogen-bond donors (Lipinski definition) is 0. The van der Waals surface area contributed by atoms with Crippen LogP contribution in [-0.2, 0) is 5.41 Å². The van der Waals surface area contributed by atoms with Gasteiger partial charge in [0, 0.05) is 39.5 Å². The molecule has 0 bridgehead atoms. The first-order chi connectivity index (χ1) is 26.1. The smallest absolute Gasteiger partial charge is 0.0461 e. The molecule has 268 valence electrons. The highest BCUT2D eigenvalue weighted by atomic mass is 15.1. The number of rotatable bonds is 10. The maximum Gasteiger partial charge on any atom is 0.0461 e. The van der Waals surface area contributed by atoms with Crippen molar-refractivity contribution >= 4 is 34.1 Å². The van der Waals surface area contributed by atoms with E-state index in [2.05, 4.69) is 187 Å². The molecule has 6 aromatic rings. The van der Waals surface area contributed by atoms with Gasteiger partial charge in [0.2, 0.25) is 0 Å². The second-order valence-electron chi connectivity index (χ2n) is 15.9. The fraction of sp³-hybridized carbons (Fsp3) is 0.294. The van der Waals surface area contributed by atoms with Crippen LogP contribution in [0.1, 0.15) is 94.2 Å².